The van der Waals surface area contributed by atoms with E-state index in [1.807, 2.05) is 31.3 Å². The van der Waals surface area contributed by atoms with E-state index in [0.717, 1.165) is 40.8 Å². The molecule has 1 amide bonds. The molecule has 2 aromatic heterocycles. The van der Waals surface area contributed by atoms with Gasteiger partial charge < -0.3 is 15.2 Å². The minimum atomic E-state index is -0.368. The number of amides is 1. The zero-order valence-electron chi connectivity index (χ0n) is 13.5. The van der Waals surface area contributed by atoms with Crippen molar-refractivity contribution in [2.45, 2.75) is 19.0 Å². The van der Waals surface area contributed by atoms with E-state index in [-0.39, 0.29) is 11.9 Å². The van der Waals surface area contributed by atoms with Crippen molar-refractivity contribution in [3.63, 3.8) is 0 Å². The zero-order valence-corrected chi connectivity index (χ0v) is 13.5. The van der Waals surface area contributed by atoms with E-state index in [1.165, 1.54) is 0 Å². The number of aromatic amines is 1. The molecule has 3 heterocycles. The smallest absolute Gasteiger partial charge is 0.246 e. The van der Waals surface area contributed by atoms with Crippen LogP contribution in [0.2, 0.25) is 0 Å². The highest BCUT2D eigenvalue weighted by Crippen LogP contribution is 2.22. The average Bonchev–Trinajstić information content (AvgIpc) is 3.09. The standard InChI is InChI=1S/C18H19N5O/c1-23(10-12-4-5-14-13(9-12)3-2-7-19-14)18(24)17-16-15(6-8-20-17)21-11-22-16/h2-5,7,9,11,17,20H,6,8,10H2,1H3,(H,21,22)/t17-/m1/s1. The van der Waals surface area contributed by atoms with Crippen molar-refractivity contribution < 1.29 is 4.79 Å². The summed E-state index contributed by atoms with van der Waals surface area (Å²) in [5.74, 6) is 0.0364. The number of benzene rings is 1. The normalized spacial score (nSPS) is 16.8. The number of imidazole rings is 1. The van der Waals surface area contributed by atoms with E-state index in [0.29, 0.717) is 6.54 Å². The molecule has 122 valence electrons. The molecular weight excluding hydrogens is 302 g/mol. The third-order valence-electron chi connectivity index (χ3n) is 4.46. The van der Waals surface area contributed by atoms with Gasteiger partial charge in [0.1, 0.15) is 6.04 Å². The lowest BCUT2D eigenvalue weighted by molar-refractivity contribution is -0.133. The Labute approximate surface area is 139 Å². The van der Waals surface area contributed by atoms with Crippen LogP contribution in [-0.2, 0) is 17.8 Å². The Morgan fingerprint density at radius 2 is 2.25 bits per heavy atom. The third kappa shape index (κ3) is 2.65. The van der Waals surface area contributed by atoms with Gasteiger partial charge in [0.2, 0.25) is 5.91 Å². The number of H-pyrrole nitrogens is 1. The Balaban J connectivity index is 1.53. The van der Waals surface area contributed by atoms with Crippen LogP contribution in [0.4, 0.5) is 0 Å². The van der Waals surface area contributed by atoms with Crippen LogP contribution in [0.25, 0.3) is 10.9 Å². The predicted molar refractivity (Wildman–Crippen MR) is 91.3 cm³/mol. The van der Waals surface area contributed by atoms with Crippen molar-refractivity contribution in [2.75, 3.05) is 13.6 Å². The first-order chi connectivity index (χ1) is 11.7. The maximum Gasteiger partial charge on any atom is 0.246 e. The number of hydrogen-bond acceptors (Lipinski definition) is 4. The van der Waals surface area contributed by atoms with E-state index in [4.69, 9.17) is 0 Å². The minimum Gasteiger partial charge on any atom is -0.348 e. The van der Waals surface area contributed by atoms with Crippen molar-refractivity contribution in [1.82, 2.24) is 25.2 Å². The summed E-state index contributed by atoms with van der Waals surface area (Å²) in [6.07, 6.45) is 4.32. The number of fused-ring (bicyclic) bond motifs is 2. The number of hydrogen-bond donors (Lipinski definition) is 2. The van der Waals surface area contributed by atoms with Gasteiger partial charge in [-0.3, -0.25) is 9.78 Å². The Morgan fingerprint density at radius 1 is 1.33 bits per heavy atom. The topological polar surface area (TPSA) is 73.9 Å². The molecule has 1 aliphatic heterocycles. The van der Waals surface area contributed by atoms with Gasteiger partial charge in [-0.05, 0) is 23.8 Å². The molecule has 4 rings (SSSR count). The van der Waals surface area contributed by atoms with Gasteiger partial charge >= 0.3 is 0 Å². The van der Waals surface area contributed by atoms with Crippen LogP contribution in [0.5, 0.6) is 0 Å². The highest BCUT2D eigenvalue weighted by atomic mass is 16.2. The van der Waals surface area contributed by atoms with Gasteiger partial charge in [-0.2, -0.15) is 0 Å². The number of carbonyl (C=O) groups is 1. The second kappa shape index (κ2) is 6.05. The fourth-order valence-electron chi connectivity index (χ4n) is 3.22. The molecule has 0 saturated heterocycles. The second-order valence-corrected chi connectivity index (χ2v) is 6.13. The molecule has 6 heteroatoms. The van der Waals surface area contributed by atoms with E-state index < -0.39 is 0 Å². The molecule has 0 spiro atoms. The highest BCUT2D eigenvalue weighted by Gasteiger charge is 2.30. The highest BCUT2D eigenvalue weighted by molar-refractivity contribution is 5.83. The fourth-order valence-corrected chi connectivity index (χ4v) is 3.22. The molecule has 3 aromatic rings. The SMILES string of the molecule is CN(Cc1ccc2ncccc2c1)C(=O)[C@@H]1NCCc2[nH]cnc21. The number of nitrogens with zero attached hydrogens (tertiary/aromatic N) is 3. The molecular formula is C18H19N5O. The molecule has 1 aliphatic rings. The van der Waals surface area contributed by atoms with Crippen LogP contribution < -0.4 is 5.32 Å². The first kappa shape index (κ1) is 14.8. The monoisotopic (exact) mass is 321 g/mol. The Bertz CT molecular complexity index is 888. The van der Waals surface area contributed by atoms with E-state index >= 15 is 0 Å². The predicted octanol–water partition coefficient (Wildman–Crippen LogP) is 1.80. The van der Waals surface area contributed by atoms with Crippen LogP contribution in [0.3, 0.4) is 0 Å². The van der Waals surface area contributed by atoms with Crippen molar-refractivity contribution in [1.29, 1.82) is 0 Å². The maximum atomic E-state index is 12.8. The van der Waals surface area contributed by atoms with Crippen LogP contribution in [0.15, 0.2) is 42.9 Å². The quantitative estimate of drug-likeness (QED) is 0.771. The van der Waals surface area contributed by atoms with Gasteiger partial charge in [-0.15, -0.1) is 0 Å². The molecule has 2 N–H and O–H groups in total. The minimum absolute atomic E-state index is 0.0364. The van der Waals surface area contributed by atoms with Crippen LogP contribution in [-0.4, -0.2) is 39.4 Å². The lowest BCUT2D eigenvalue weighted by Crippen LogP contribution is -2.42. The molecule has 0 unspecified atom stereocenters. The molecule has 6 nitrogen and oxygen atoms in total. The third-order valence-corrected chi connectivity index (χ3v) is 4.46. The summed E-state index contributed by atoms with van der Waals surface area (Å²) >= 11 is 0. The molecule has 1 aromatic carbocycles. The molecule has 1 atom stereocenters. The molecule has 24 heavy (non-hydrogen) atoms. The lowest BCUT2D eigenvalue weighted by atomic mass is 10.0. The van der Waals surface area contributed by atoms with Crippen molar-refractivity contribution in [2.24, 2.45) is 0 Å². The zero-order chi connectivity index (χ0) is 16.5. The number of pyridine rings is 1. The number of aromatic nitrogens is 3. The summed E-state index contributed by atoms with van der Waals surface area (Å²) in [7, 11) is 1.83. The first-order valence-corrected chi connectivity index (χ1v) is 8.06. The maximum absolute atomic E-state index is 12.8. The van der Waals surface area contributed by atoms with Crippen LogP contribution in [0.1, 0.15) is 23.0 Å². The van der Waals surface area contributed by atoms with Crippen molar-refractivity contribution in [3.8, 4) is 0 Å². The van der Waals surface area contributed by atoms with Gasteiger partial charge in [0, 0.05) is 43.8 Å². The Morgan fingerprint density at radius 3 is 3.17 bits per heavy atom. The van der Waals surface area contributed by atoms with Gasteiger partial charge in [0.05, 0.1) is 17.5 Å². The number of rotatable bonds is 3. The molecule has 0 fully saturated rings. The van der Waals surface area contributed by atoms with Gasteiger partial charge in [0.25, 0.3) is 0 Å². The van der Waals surface area contributed by atoms with Gasteiger partial charge in [-0.25, -0.2) is 4.98 Å². The van der Waals surface area contributed by atoms with E-state index in [2.05, 4.69) is 26.3 Å². The largest absolute Gasteiger partial charge is 0.348 e. The number of carbonyl (C=O) groups excluding carboxylic acids is 1. The van der Waals surface area contributed by atoms with E-state index in [9.17, 15) is 4.79 Å². The lowest BCUT2D eigenvalue weighted by Gasteiger charge is -2.27. The van der Waals surface area contributed by atoms with Crippen molar-refractivity contribution >= 4 is 16.8 Å². The van der Waals surface area contributed by atoms with Crippen LogP contribution >= 0.6 is 0 Å². The fraction of sp³-hybridized carbons (Fsp3) is 0.278. The summed E-state index contributed by atoms with van der Waals surface area (Å²) in [5.41, 5.74) is 3.92. The summed E-state index contributed by atoms with van der Waals surface area (Å²) in [6, 6.07) is 9.69. The Kier molecular flexibility index (Phi) is 3.74. The molecule has 0 radical (unpaired) electrons. The summed E-state index contributed by atoms with van der Waals surface area (Å²) in [4.78, 5) is 26.3. The molecule has 0 bridgehead atoms. The van der Waals surface area contributed by atoms with Crippen LogP contribution in [0, 0.1) is 0 Å². The molecule has 0 aliphatic carbocycles. The number of nitrogens with one attached hydrogen (secondary N) is 2. The Hall–Kier alpha value is -2.73. The van der Waals surface area contributed by atoms with Crippen molar-refractivity contribution in [3.05, 3.63) is 59.8 Å². The second-order valence-electron chi connectivity index (χ2n) is 6.13. The van der Waals surface area contributed by atoms with Gasteiger partial charge in [-0.1, -0.05) is 12.1 Å². The number of likely N-dealkylation sites (N-methyl/N-ethyl adjacent to an activating group) is 1. The summed E-state index contributed by atoms with van der Waals surface area (Å²) in [6.45, 7) is 1.34. The summed E-state index contributed by atoms with van der Waals surface area (Å²) in [5, 5.41) is 4.36. The summed E-state index contributed by atoms with van der Waals surface area (Å²) < 4.78 is 0. The first-order valence-electron chi connectivity index (χ1n) is 8.06. The van der Waals surface area contributed by atoms with Gasteiger partial charge in [0.15, 0.2) is 0 Å². The average molecular weight is 321 g/mol. The molecule has 0 saturated carbocycles. The van der Waals surface area contributed by atoms with E-state index in [1.54, 1.807) is 17.4 Å².